The highest BCUT2D eigenvalue weighted by atomic mass is 16.6. The maximum absolute atomic E-state index is 5.73. The van der Waals surface area contributed by atoms with E-state index in [9.17, 15) is 0 Å². The molecule has 1 aromatic heterocycles. The molecule has 110 valence electrons. The summed E-state index contributed by atoms with van der Waals surface area (Å²) in [5, 5.41) is 4.70. The molecule has 2 heterocycles. The molecule has 0 bridgehead atoms. The molecule has 0 atom stereocenters. The molecule has 0 saturated heterocycles. The van der Waals surface area contributed by atoms with Crippen LogP contribution in [0.1, 0.15) is 31.0 Å². The van der Waals surface area contributed by atoms with Crippen molar-refractivity contribution in [3.05, 3.63) is 23.4 Å². The fourth-order valence-electron chi connectivity index (χ4n) is 3.34. The van der Waals surface area contributed by atoms with Crippen molar-refractivity contribution in [1.82, 2.24) is 4.98 Å². The van der Waals surface area contributed by atoms with Gasteiger partial charge < -0.3 is 14.8 Å². The number of benzene rings is 1. The topological polar surface area (TPSA) is 43.4 Å². The summed E-state index contributed by atoms with van der Waals surface area (Å²) in [6, 6.07) is 4.11. The van der Waals surface area contributed by atoms with Crippen molar-refractivity contribution in [3.63, 3.8) is 0 Å². The van der Waals surface area contributed by atoms with Crippen LogP contribution in [-0.4, -0.2) is 24.7 Å². The molecule has 0 spiro atoms. The molecule has 2 aliphatic rings. The predicted molar refractivity (Wildman–Crippen MR) is 83.5 cm³/mol. The molecular formula is C17H20N2O2. The minimum atomic E-state index is 0.615. The van der Waals surface area contributed by atoms with E-state index < -0.39 is 0 Å². The van der Waals surface area contributed by atoms with Crippen molar-refractivity contribution >= 4 is 16.6 Å². The highest BCUT2D eigenvalue weighted by Gasteiger charge is 2.21. The van der Waals surface area contributed by atoms with Crippen LogP contribution in [0.5, 0.6) is 11.5 Å². The van der Waals surface area contributed by atoms with Gasteiger partial charge in [0.25, 0.3) is 0 Å². The molecule has 4 heteroatoms. The normalized spacial score (nSPS) is 16.6. The van der Waals surface area contributed by atoms with Crippen molar-refractivity contribution in [2.24, 2.45) is 0 Å². The Morgan fingerprint density at radius 2 is 1.86 bits per heavy atom. The minimum Gasteiger partial charge on any atom is -0.486 e. The number of ether oxygens (including phenoxy) is 2. The van der Waals surface area contributed by atoms with Crippen molar-refractivity contribution in [2.75, 3.05) is 25.1 Å². The summed E-state index contributed by atoms with van der Waals surface area (Å²) in [5.41, 5.74) is 4.90. The first kappa shape index (κ1) is 12.7. The number of aromatic nitrogens is 1. The van der Waals surface area contributed by atoms with Crippen molar-refractivity contribution in [2.45, 2.75) is 32.6 Å². The minimum absolute atomic E-state index is 0.615. The summed E-state index contributed by atoms with van der Waals surface area (Å²) in [6.07, 6.45) is 4.69. The van der Waals surface area contributed by atoms with Gasteiger partial charge in [0, 0.05) is 29.4 Å². The highest BCUT2D eigenvalue weighted by Crippen LogP contribution is 2.40. The number of aryl methyl sites for hydroxylation is 1. The van der Waals surface area contributed by atoms with Crippen molar-refractivity contribution in [3.8, 4) is 11.5 Å². The van der Waals surface area contributed by atoms with E-state index in [2.05, 4.69) is 18.3 Å². The quantitative estimate of drug-likeness (QED) is 0.918. The van der Waals surface area contributed by atoms with Crippen LogP contribution in [0.2, 0.25) is 0 Å². The zero-order chi connectivity index (χ0) is 14.2. The largest absolute Gasteiger partial charge is 0.486 e. The van der Waals surface area contributed by atoms with E-state index in [-0.39, 0.29) is 0 Å². The van der Waals surface area contributed by atoms with Gasteiger partial charge in [0.2, 0.25) is 0 Å². The number of rotatable bonds is 2. The third-order valence-corrected chi connectivity index (χ3v) is 4.28. The summed E-state index contributed by atoms with van der Waals surface area (Å²) < 4.78 is 11.4. The molecular weight excluding hydrogens is 264 g/mol. The van der Waals surface area contributed by atoms with Crippen LogP contribution < -0.4 is 14.8 Å². The van der Waals surface area contributed by atoms with E-state index in [1.807, 2.05) is 6.07 Å². The lowest BCUT2D eigenvalue weighted by Crippen LogP contribution is -2.16. The Bertz CT molecular complexity index is 692. The average Bonchev–Trinajstić information content (AvgIpc) is 2.53. The monoisotopic (exact) mass is 284 g/mol. The van der Waals surface area contributed by atoms with Crippen LogP contribution in [0.3, 0.4) is 0 Å². The zero-order valence-corrected chi connectivity index (χ0v) is 12.4. The van der Waals surface area contributed by atoms with Crippen molar-refractivity contribution in [1.29, 1.82) is 0 Å². The summed E-state index contributed by atoms with van der Waals surface area (Å²) in [7, 11) is 0. The zero-order valence-electron chi connectivity index (χ0n) is 12.4. The molecule has 1 aliphatic carbocycles. The lowest BCUT2D eigenvalue weighted by Gasteiger charge is -2.23. The van der Waals surface area contributed by atoms with E-state index in [1.54, 1.807) is 0 Å². The Morgan fingerprint density at radius 1 is 1.10 bits per heavy atom. The SMILES string of the molecule is CCNc1c2c(nc3cc4c(cc13)OCCO4)CCCC2. The van der Waals surface area contributed by atoms with E-state index in [0.29, 0.717) is 13.2 Å². The third-order valence-electron chi connectivity index (χ3n) is 4.28. The number of hydrogen-bond acceptors (Lipinski definition) is 4. The van der Waals surface area contributed by atoms with Gasteiger partial charge in [-0.15, -0.1) is 0 Å². The average molecular weight is 284 g/mol. The highest BCUT2D eigenvalue weighted by molar-refractivity contribution is 5.95. The third kappa shape index (κ3) is 2.09. The first-order chi connectivity index (χ1) is 10.4. The lowest BCUT2D eigenvalue weighted by molar-refractivity contribution is 0.172. The van der Waals surface area contributed by atoms with Gasteiger partial charge in [0.1, 0.15) is 13.2 Å². The van der Waals surface area contributed by atoms with Crippen molar-refractivity contribution < 1.29 is 9.47 Å². The van der Waals surface area contributed by atoms with Crippen LogP contribution >= 0.6 is 0 Å². The maximum Gasteiger partial charge on any atom is 0.163 e. The molecule has 1 aromatic carbocycles. The van der Waals surface area contributed by atoms with E-state index in [1.165, 1.54) is 29.8 Å². The van der Waals surface area contributed by atoms with Crippen LogP contribution in [-0.2, 0) is 12.8 Å². The van der Waals surface area contributed by atoms with Gasteiger partial charge in [-0.2, -0.15) is 0 Å². The number of fused-ring (bicyclic) bond motifs is 3. The number of anilines is 1. The van der Waals surface area contributed by atoms with Gasteiger partial charge in [0.05, 0.1) is 5.52 Å². The summed E-state index contributed by atoms with van der Waals surface area (Å²) in [4.78, 5) is 4.89. The van der Waals surface area contributed by atoms with E-state index >= 15 is 0 Å². The van der Waals surface area contributed by atoms with Crippen LogP contribution in [0.4, 0.5) is 5.69 Å². The number of pyridine rings is 1. The summed E-state index contributed by atoms with van der Waals surface area (Å²) >= 11 is 0. The second-order valence-corrected chi connectivity index (χ2v) is 5.66. The molecule has 1 aliphatic heterocycles. The second-order valence-electron chi connectivity index (χ2n) is 5.66. The first-order valence-corrected chi connectivity index (χ1v) is 7.86. The molecule has 0 unspecified atom stereocenters. The molecule has 1 N–H and O–H groups in total. The lowest BCUT2D eigenvalue weighted by atomic mass is 9.92. The van der Waals surface area contributed by atoms with Gasteiger partial charge in [0.15, 0.2) is 11.5 Å². The van der Waals surface area contributed by atoms with Gasteiger partial charge in [-0.3, -0.25) is 4.98 Å². The number of nitrogens with zero attached hydrogens (tertiary/aromatic N) is 1. The molecule has 4 nitrogen and oxygen atoms in total. The summed E-state index contributed by atoms with van der Waals surface area (Å²) in [5.74, 6) is 1.66. The van der Waals surface area contributed by atoms with Crippen LogP contribution in [0, 0.1) is 0 Å². The Hall–Kier alpha value is -1.97. The van der Waals surface area contributed by atoms with E-state index in [0.717, 1.165) is 41.8 Å². The summed E-state index contributed by atoms with van der Waals surface area (Å²) in [6.45, 7) is 4.29. The van der Waals surface area contributed by atoms with E-state index in [4.69, 9.17) is 14.5 Å². The first-order valence-electron chi connectivity index (χ1n) is 7.86. The van der Waals surface area contributed by atoms with Gasteiger partial charge >= 0.3 is 0 Å². The molecule has 0 saturated carbocycles. The molecule has 0 amide bonds. The Morgan fingerprint density at radius 3 is 2.67 bits per heavy atom. The molecule has 4 rings (SSSR count). The Balaban J connectivity index is 1.97. The predicted octanol–water partition coefficient (Wildman–Crippen LogP) is 3.32. The molecule has 0 fully saturated rings. The maximum atomic E-state index is 5.73. The fourth-order valence-corrected chi connectivity index (χ4v) is 3.34. The number of hydrogen-bond donors (Lipinski definition) is 1. The molecule has 2 aromatic rings. The molecule has 21 heavy (non-hydrogen) atoms. The fraction of sp³-hybridized carbons (Fsp3) is 0.471. The Labute approximate surface area is 124 Å². The van der Waals surface area contributed by atoms with Crippen LogP contribution in [0.25, 0.3) is 10.9 Å². The standard InChI is InChI=1S/C17H20N2O2/c1-2-18-17-11-5-3-4-6-13(11)19-14-10-16-15(9-12(14)17)20-7-8-21-16/h9-10H,2-8H2,1H3,(H,18,19). The Kier molecular flexibility index (Phi) is 3.09. The van der Waals surface area contributed by atoms with Crippen LogP contribution in [0.15, 0.2) is 12.1 Å². The number of nitrogens with one attached hydrogen (secondary N) is 1. The van der Waals surface area contributed by atoms with Gasteiger partial charge in [-0.25, -0.2) is 0 Å². The molecule has 0 radical (unpaired) electrons. The second kappa shape index (κ2) is 5.10. The smallest absolute Gasteiger partial charge is 0.163 e. The van der Waals surface area contributed by atoms with Gasteiger partial charge in [-0.1, -0.05) is 0 Å². The van der Waals surface area contributed by atoms with Gasteiger partial charge in [-0.05, 0) is 44.2 Å².